The largest absolute Gasteiger partial charge is 0.434 e. The predicted molar refractivity (Wildman–Crippen MR) is 70.7 cm³/mol. The molecule has 2 rings (SSSR count). The van der Waals surface area contributed by atoms with Gasteiger partial charge in [-0.15, -0.1) is 0 Å². The summed E-state index contributed by atoms with van der Waals surface area (Å²) < 4.78 is 29.2. The molecule has 1 aliphatic rings. The molecule has 20 heavy (non-hydrogen) atoms. The van der Waals surface area contributed by atoms with Gasteiger partial charge < -0.3 is 15.4 Å². The van der Waals surface area contributed by atoms with Crippen LogP contribution >= 0.6 is 0 Å². The maximum absolute atomic E-state index is 12.4. The molecule has 1 aliphatic heterocycles. The first kappa shape index (κ1) is 14.7. The number of para-hydroxylation sites is 1. The third-order valence-electron chi connectivity index (χ3n) is 3.34. The molecule has 6 heteroatoms. The minimum absolute atomic E-state index is 0.0923. The molecule has 4 nitrogen and oxygen atoms in total. The van der Waals surface area contributed by atoms with Crippen molar-refractivity contribution in [3.05, 3.63) is 29.8 Å². The quantitative estimate of drug-likeness (QED) is 0.871. The molecular weight excluding hydrogens is 266 g/mol. The molecule has 0 spiro atoms. The van der Waals surface area contributed by atoms with Crippen LogP contribution in [-0.2, 0) is 4.79 Å². The van der Waals surface area contributed by atoms with Gasteiger partial charge in [0.25, 0.3) is 0 Å². The first-order chi connectivity index (χ1) is 9.58. The van der Waals surface area contributed by atoms with Gasteiger partial charge in [-0.3, -0.25) is 4.79 Å². The van der Waals surface area contributed by atoms with Crippen LogP contribution < -0.4 is 15.4 Å². The lowest BCUT2D eigenvalue weighted by Crippen LogP contribution is -2.41. The molecule has 1 aromatic carbocycles. The molecule has 2 atom stereocenters. The summed E-state index contributed by atoms with van der Waals surface area (Å²) in [6, 6.07) is 5.90. The maximum atomic E-state index is 12.4. The molecular formula is C14H18F2N2O2. The van der Waals surface area contributed by atoms with E-state index in [0.717, 1.165) is 19.4 Å². The van der Waals surface area contributed by atoms with Crippen molar-refractivity contribution in [1.82, 2.24) is 10.6 Å². The number of benzene rings is 1. The minimum Gasteiger partial charge on any atom is -0.434 e. The molecule has 1 amide bonds. The van der Waals surface area contributed by atoms with Gasteiger partial charge in [0.2, 0.25) is 5.91 Å². The van der Waals surface area contributed by atoms with Crippen LogP contribution in [-0.4, -0.2) is 25.1 Å². The minimum atomic E-state index is -2.88. The standard InChI is InChI=1S/C14H18F2N2O2/c1-9(18-13(19)11-6-4-8-17-11)10-5-2-3-7-12(10)20-14(15)16/h2-3,5,7,9,11,14,17H,4,6,8H2,1H3,(H,18,19). The molecule has 0 saturated carbocycles. The Morgan fingerprint density at radius 3 is 2.85 bits per heavy atom. The molecule has 1 heterocycles. The summed E-state index contributed by atoms with van der Waals surface area (Å²) in [7, 11) is 0. The van der Waals surface area contributed by atoms with Crippen molar-refractivity contribution < 1.29 is 18.3 Å². The summed E-state index contributed by atoms with van der Waals surface area (Å²) in [5.41, 5.74) is 0.541. The molecule has 0 radical (unpaired) electrons. The summed E-state index contributed by atoms with van der Waals surface area (Å²) >= 11 is 0. The van der Waals surface area contributed by atoms with Gasteiger partial charge in [-0.05, 0) is 32.4 Å². The van der Waals surface area contributed by atoms with Crippen LogP contribution in [0.5, 0.6) is 5.75 Å². The SMILES string of the molecule is CC(NC(=O)C1CCCN1)c1ccccc1OC(F)F. The number of ether oxygens (including phenoxy) is 1. The molecule has 1 fully saturated rings. The van der Waals surface area contributed by atoms with Crippen LogP contribution in [0.25, 0.3) is 0 Å². The number of rotatable bonds is 5. The summed E-state index contributed by atoms with van der Waals surface area (Å²) in [5, 5.41) is 5.92. The summed E-state index contributed by atoms with van der Waals surface area (Å²) in [5.74, 6) is -0.0171. The van der Waals surface area contributed by atoms with Crippen LogP contribution in [0.15, 0.2) is 24.3 Å². The molecule has 0 aliphatic carbocycles. The second kappa shape index (κ2) is 6.65. The number of halogens is 2. The van der Waals surface area contributed by atoms with Crippen molar-refractivity contribution in [2.24, 2.45) is 0 Å². The highest BCUT2D eigenvalue weighted by molar-refractivity contribution is 5.82. The molecule has 2 unspecified atom stereocenters. The Hall–Kier alpha value is -1.69. The van der Waals surface area contributed by atoms with E-state index < -0.39 is 6.61 Å². The molecule has 0 bridgehead atoms. The number of hydrogen-bond acceptors (Lipinski definition) is 3. The topological polar surface area (TPSA) is 50.4 Å². The van der Waals surface area contributed by atoms with Gasteiger partial charge in [-0.2, -0.15) is 8.78 Å². The van der Waals surface area contributed by atoms with Crippen molar-refractivity contribution in [1.29, 1.82) is 0 Å². The Morgan fingerprint density at radius 1 is 1.45 bits per heavy atom. The fourth-order valence-corrected chi connectivity index (χ4v) is 2.34. The van der Waals surface area contributed by atoms with Gasteiger partial charge in [0, 0.05) is 5.56 Å². The molecule has 0 aromatic heterocycles. The van der Waals surface area contributed by atoms with Crippen LogP contribution in [0.4, 0.5) is 8.78 Å². The Bertz CT molecular complexity index is 462. The maximum Gasteiger partial charge on any atom is 0.387 e. The number of hydrogen-bond donors (Lipinski definition) is 2. The lowest BCUT2D eigenvalue weighted by atomic mass is 10.1. The van der Waals surface area contributed by atoms with E-state index in [1.54, 1.807) is 25.1 Å². The number of carbonyl (C=O) groups excluding carboxylic acids is 1. The molecule has 2 N–H and O–H groups in total. The lowest BCUT2D eigenvalue weighted by molar-refractivity contribution is -0.123. The average Bonchev–Trinajstić information content (AvgIpc) is 2.92. The zero-order chi connectivity index (χ0) is 14.5. The third-order valence-corrected chi connectivity index (χ3v) is 3.34. The van der Waals surface area contributed by atoms with Crippen LogP contribution in [0.2, 0.25) is 0 Å². The van der Waals surface area contributed by atoms with Crippen LogP contribution in [0.1, 0.15) is 31.4 Å². The Kier molecular flexibility index (Phi) is 4.89. The smallest absolute Gasteiger partial charge is 0.387 e. The molecule has 110 valence electrons. The average molecular weight is 284 g/mol. The number of alkyl halides is 2. The van der Waals surface area contributed by atoms with Gasteiger partial charge in [-0.25, -0.2) is 0 Å². The van der Waals surface area contributed by atoms with Gasteiger partial charge in [-0.1, -0.05) is 18.2 Å². The lowest BCUT2D eigenvalue weighted by Gasteiger charge is -2.20. The van der Waals surface area contributed by atoms with Gasteiger partial charge in [0.15, 0.2) is 0 Å². The number of amides is 1. The molecule has 1 aromatic rings. The first-order valence-corrected chi connectivity index (χ1v) is 6.65. The summed E-state index contributed by atoms with van der Waals surface area (Å²) in [4.78, 5) is 12.0. The highest BCUT2D eigenvalue weighted by Gasteiger charge is 2.24. The highest BCUT2D eigenvalue weighted by Crippen LogP contribution is 2.26. The Balaban J connectivity index is 2.04. The first-order valence-electron chi connectivity index (χ1n) is 6.65. The highest BCUT2D eigenvalue weighted by atomic mass is 19.3. The van der Waals surface area contributed by atoms with Crippen molar-refractivity contribution in [2.75, 3.05) is 6.54 Å². The van der Waals surface area contributed by atoms with E-state index in [1.165, 1.54) is 6.07 Å². The van der Waals surface area contributed by atoms with E-state index in [1.807, 2.05) is 0 Å². The summed E-state index contributed by atoms with van der Waals surface area (Å²) in [6.07, 6.45) is 1.77. The third kappa shape index (κ3) is 3.66. The van der Waals surface area contributed by atoms with E-state index in [9.17, 15) is 13.6 Å². The zero-order valence-corrected chi connectivity index (χ0v) is 11.2. The fraction of sp³-hybridized carbons (Fsp3) is 0.500. The van der Waals surface area contributed by atoms with Crippen molar-refractivity contribution >= 4 is 5.91 Å². The number of nitrogens with one attached hydrogen (secondary N) is 2. The normalized spacial score (nSPS) is 19.9. The second-order valence-electron chi connectivity index (χ2n) is 4.80. The monoisotopic (exact) mass is 284 g/mol. The second-order valence-corrected chi connectivity index (χ2v) is 4.80. The number of carbonyl (C=O) groups is 1. The van der Waals surface area contributed by atoms with Gasteiger partial charge >= 0.3 is 6.61 Å². The van der Waals surface area contributed by atoms with Crippen molar-refractivity contribution in [2.45, 2.75) is 38.5 Å². The van der Waals surface area contributed by atoms with Crippen molar-refractivity contribution in [3.8, 4) is 5.75 Å². The zero-order valence-electron chi connectivity index (χ0n) is 11.2. The van der Waals surface area contributed by atoms with E-state index in [2.05, 4.69) is 15.4 Å². The summed E-state index contributed by atoms with van der Waals surface area (Å²) in [6.45, 7) is -0.298. The molecule has 1 saturated heterocycles. The van der Waals surface area contributed by atoms with E-state index in [0.29, 0.717) is 5.56 Å². The fourth-order valence-electron chi connectivity index (χ4n) is 2.34. The van der Waals surface area contributed by atoms with Gasteiger partial charge in [0.1, 0.15) is 5.75 Å². The van der Waals surface area contributed by atoms with E-state index >= 15 is 0 Å². The Labute approximate surface area is 116 Å². The van der Waals surface area contributed by atoms with Crippen molar-refractivity contribution in [3.63, 3.8) is 0 Å². The predicted octanol–water partition coefficient (Wildman–Crippen LogP) is 2.22. The van der Waals surface area contributed by atoms with Crippen LogP contribution in [0, 0.1) is 0 Å². The Morgan fingerprint density at radius 2 is 2.20 bits per heavy atom. The van der Waals surface area contributed by atoms with E-state index in [-0.39, 0.29) is 23.7 Å². The van der Waals surface area contributed by atoms with Gasteiger partial charge in [0.05, 0.1) is 12.1 Å². The van der Waals surface area contributed by atoms with E-state index in [4.69, 9.17) is 0 Å². The van der Waals surface area contributed by atoms with Crippen LogP contribution in [0.3, 0.4) is 0 Å².